The van der Waals surface area contributed by atoms with Crippen molar-refractivity contribution < 1.29 is 18.0 Å². The van der Waals surface area contributed by atoms with Crippen molar-refractivity contribution in [1.82, 2.24) is 15.5 Å². The van der Waals surface area contributed by atoms with Crippen LogP contribution in [0.15, 0.2) is 29.3 Å². The third-order valence-corrected chi connectivity index (χ3v) is 3.62. The first-order valence-corrected chi connectivity index (χ1v) is 8.43. The predicted octanol–water partition coefficient (Wildman–Crippen LogP) is 3.66. The molecular weight excluding hydrogens is 472 g/mol. The summed E-state index contributed by atoms with van der Waals surface area (Å²) in [6.45, 7) is 6.36. The maximum absolute atomic E-state index is 12.9. The van der Waals surface area contributed by atoms with Gasteiger partial charge in [0, 0.05) is 20.6 Å². The Morgan fingerprint density at radius 3 is 2.37 bits per heavy atom. The van der Waals surface area contributed by atoms with Crippen LogP contribution in [-0.4, -0.2) is 44.0 Å². The van der Waals surface area contributed by atoms with Gasteiger partial charge < -0.3 is 15.5 Å². The van der Waals surface area contributed by atoms with E-state index < -0.39 is 17.8 Å². The van der Waals surface area contributed by atoms with E-state index in [0.717, 1.165) is 12.1 Å². The van der Waals surface area contributed by atoms with Gasteiger partial charge in [0.1, 0.15) is 6.54 Å². The Morgan fingerprint density at radius 1 is 1.22 bits per heavy atom. The molecule has 0 bridgehead atoms. The van der Waals surface area contributed by atoms with Gasteiger partial charge in [0.2, 0.25) is 5.91 Å². The number of hydrogen-bond donors (Lipinski definition) is 2. The van der Waals surface area contributed by atoms with Gasteiger partial charge in [-0.1, -0.05) is 26.0 Å². The minimum Gasteiger partial charge on any atom is -0.356 e. The number of carbonyl (C=O) groups excluding carboxylic acids is 1. The summed E-state index contributed by atoms with van der Waals surface area (Å²) >= 11 is 0. The normalized spacial score (nSPS) is 13.0. The number of nitrogens with one attached hydrogen (secondary N) is 2. The highest BCUT2D eigenvalue weighted by Gasteiger charge is 2.30. The minimum atomic E-state index is -4.39. The van der Waals surface area contributed by atoms with Crippen molar-refractivity contribution in [3.8, 4) is 0 Å². The standard InChI is InChI=1S/C18H27F3N4O.HI/c1-12(2)10-22-17(23-11-16(26)25(4)5)24-13(3)14-7-6-8-15(9-14)18(19,20)21;/h6-9,12-13H,10-11H2,1-5H3,(H2,22,23,24);1H. The number of hydrogen-bond acceptors (Lipinski definition) is 2. The van der Waals surface area contributed by atoms with E-state index in [1.807, 2.05) is 13.8 Å². The molecule has 1 rings (SSSR count). The monoisotopic (exact) mass is 500 g/mol. The Hall–Kier alpha value is -1.52. The number of amides is 1. The summed E-state index contributed by atoms with van der Waals surface area (Å²) in [6.07, 6.45) is -4.39. The molecule has 1 aromatic carbocycles. The molecule has 1 atom stereocenters. The third kappa shape index (κ3) is 9.30. The zero-order chi connectivity index (χ0) is 19.9. The fourth-order valence-corrected chi connectivity index (χ4v) is 2.01. The summed E-state index contributed by atoms with van der Waals surface area (Å²) in [7, 11) is 3.27. The largest absolute Gasteiger partial charge is 0.416 e. The summed E-state index contributed by atoms with van der Waals surface area (Å²) in [5, 5.41) is 6.17. The van der Waals surface area contributed by atoms with Gasteiger partial charge in [-0.05, 0) is 30.5 Å². The fourth-order valence-electron chi connectivity index (χ4n) is 2.01. The van der Waals surface area contributed by atoms with Crippen molar-refractivity contribution in [2.75, 3.05) is 27.2 Å². The molecule has 1 unspecified atom stereocenters. The molecule has 0 aliphatic heterocycles. The molecule has 0 fully saturated rings. The third-order valence-electron chi connectivity index (χ3n) is 3.62. The fraction of sp³-hybridized carbons (Fsp3) is 0.556. The van der Waals surface area contributed by atoms with Crippen molar-refractivity contribution in [3.63, 3.8) is 0 Å². The molecule has 0 radical (unpaired) electrons. The molecule has 27 heavy (non-hydrogen) atoms. The molecule has 0 heterocycles. The van der Waals surface area contributed by atoms with E-state index >= 15 is 0 Å². The van der Waals surface area contributed by atoms with E-state index in [4.69, 9.17) is 0 Å². The van der Waals surface area contributed by atoms with Crippen LogP contribution in [0.4, 0.5) is 13.2 Å². The van der Waals surface area contributed by atoms with Crippen LogP contribution in [0.3, 0.4) is 0 Å². The molecule has 2 N–H and O–H groups in total. The van der Waals surface area contributed by atoms with Crippen molar-refractivity contribution in [2.24, 2.45) is 10.9 Å². The van der Waals surface area contributed by atoms with E-state index in [9.17, 15) is 18.0 Å². The second-order valence-electron chi connectivity index (χ2n) is 6.72. The highest BCUT2D eigenvalue weighted by molar-refractivity contribution is 14.0. The number of rotatable bonds is 6. The molecule has 0 aromatic heterocycles. The quantitative estimate of drug-likeness (QED) is 0.356. The van der Waals surface area contributed by atoms with Gasteiger partial charge in [-0.3, -0.25) is 4.79 Å². The van der Waals surface area contributed by atoms with E-state index in [2.05, 4.69) is 15.6 Å². The molecule has 0 saturated heterocycles. The Bertz CT molecular complexity index is 633. The lowest BCUT2D eigenvalue weighted by atomic mass is 10.1. The molecule has 0 aliphatic rings. The summed E-state index contributed by atoms with van der Waals surface area (Å²) in [5.41, 5.74) is -0.210. The number of aliphatic imine (C=N–C) groups is 1. The summed E-state index contributed by atoms with van der Waals surface area (Å²) in [6, 6.07) is 4.74. The lowest BCUT2D eigenvalue weighted by molar-refractivity contribution is -0.137. The molecule has 0 aliphatic carbocycles. The predicted molar refractivity (Wildman–Crippen MR) is 112 cm³/mol. The number of benzene rings is 1. The molecule has 1 amide bonds. The first kappa shape index (κ1) is 25.5. The SMILES string of the molecule is CC(C)CNC(=NCC(=O)N(C)C)NC(C)c1cccc(C(F)(F)F)c1.I. The van der Waals surface area contributed by atoms with Crippen molar-refractivity contribution >= 4 is 35.8 Å². The van der Waals surface area contributed by atoms with Crippen LogP contribution >= 0.6 is 24.0 Å². The van der Waals surface area contributed by atoms with Crippen molar-refractivity contribution in [1.29, 1.82) is 0 Å². The maximum atomic E-state index is 12.9. The summed E-state index contributed by atoms with van der Waals surface area (Å²) < 4.78 is 38.7. The van der Waals surface area contributed by atoms with Crippen molar-refractivity contribution in [3.05, 3.63) is 35.4 Å². The van der Waals surface area contributed by atoms with Gasteiger partial charge in [-0.2, -0.15) is 13.2 Å². The molecular formula is C18H28F3IN4O. The highest BCUT2D eigenvalue weighted by Crippen LogP contribution is 2.30. The summed E-state index contributed by atoms with van der Waals surface area (Å²) in [5.74, 6) is 0.566. The van der Waals surface area contributed by atoms with E-state index in [-0.39, 0.29) is 36.4 Å². The maximum Gasteiger partial charge on any atom is 0.416 e. The molecule has 154 valence electrons. The number of likely N-dealkylation sites (N-methyl/N-ethyl adjacent to an activating group) is 1. The molecule has 0 spiro atoms. The second-order valence-corrected chi connectivity index (χ2v) is 6.72. The van der Waals surface area contributed by atoms with Crippen molar-refractivity contribution in [2.45, 2.75) is 33.0 Å². The van der Waals surface area contributed by atoms with Crippen LogP contribution < -0.4 is 10.6 Å². The van der Waals surface area contributed by atoms with Crippen LogP contribution in [0.2, 0.25) is 0 Å². The number of nitrogens with zero attached hydrogens (tertiary/aromatic N) is 2. The lowest BCUT2D eigenvalue weighted by Gasteiger charge is -2.20. The van der Waals surface area contributed by atoms with Gasteiger partial charge >= 0.3 is 6.18 Å². The van der Waals surface area contributed by atoms with E-state index in [0.29, 0.717) is 24.0 Å². The smallest absolute Gasteiger partial charge is 0.356 e. The van der Waals surface area contributed by atoms with Gasteiger partial charge in [0.05, 0.1) is 11.6 Å². The Morgan fingerprint density at radius 2 is 1.85 bits per heavy atom. The lowest BCUT2D eigenvalue weighted by Crippen LogP contribution is -2.41. The topological polar surface area (TPSA) is 56.7 Å². The van der Waals surface area contributed by atoms with E-state index in [1.54, 1.807) is 27.1 Å². The van der Waals surface area contributed by atoms with Crippen LogP contribution in [0.1, 0.15) is 37.9 Å². The Kier molecular flexibility index (Phi) is 10.7. The Balaban J connectivity index is 0.00000676. The van der Waals surface area contributed by atoms with Crippen LogP contribution in [0.5, 0.6) is 0 Å². The molecule has 5 nitrogen and oxygen atoms in total. The first-order chi connectivity index (χ1) is 12.0. The van der Waals surface area contributed by atoms with Gasteiger partial charge in [0.25, 0.3) is 0 Å². The summed E-state index contributed by atoms with van der Waals surface area (Å²) in [4.78, 5) is 17.4. The minimum absolute atomic E-state index is 0. The number of halogens is 4. The van der Waals surface area contributed by atoms with Gasteiger partial charge in [-0.25, -0.2) is 4.99 Å². The van der Waals surface area contributed by atoms with Gasteiger partial charge in [0.15, 0.2) is 5.96 Å². The Labute approximate surface area is 175 Å². The number of carbonyl (C=O) groups is 1. The second kappa shape index (κ2) is 11.4. The number of guanidine groups is 1. The highest BCUT2D eigenvalue weighted by atomic mass is 127. The van der Waals surface area contributed by atoms with Gasteiger partial charge in [-0.15, -0.1) is 24.0 Å². The van der Waals surface area contributed by atoms with Crippen LogP contribution in [0, 0.1) is 5.92 Å². The average Bonchev–Trinajstić information content (AvgIpc) is 2.55. The zero-order valence-electron chi connectivity index (χ0n) is 16.2. The number of alkyl halides is 3. The van der Waals surface area contributed by atoms with Crippen LogP contribution in [0.25, 0.3) is 0 Å². The average molecular weight is 500 g/mol. The van der Waals surface area contributed by atoms with E-state index in [1.165, 1.54) is 11.0 Å². The zero-order valence-corrected chi connectivity index (χ0v) is 18.6. The van der Waals surface area contributed by atoms with Crippen LogP contribution in [-0.2, 0) is 11.0 Å². The molecule has 9 heteroatoms. The first-order valence-electron chi connectivity index (χ1n) is 8.43. The molecule has 0 saturated carbocycles. The molecule has 1 aromatic rings.